The molecule has 3 rings (SSSR count). The number of carbonyl (C=O) groups excluding carboxylic acids is 1. The molecule has 0 radical (unpaired) electrons. The monoisotopic (exact) mass is 364 g/mol. The lowest BCUT2D eigenvalue weighted by Crippen LogP contribution is -2.39. The lowest BCUT2D eigenvalue weighted by Gasteiger charge is -2.16. The number of amides is 2. The normalized spacial score (nSPS) is 16.8. The first-order valence-electron chi connectivity index (χ1n) is 7.87. The second-order valence-corrected chi connectivity index (χ2v) is 6.21. The summed E-state index contributed by atoms with van der Waals surface area (Å²) in [7, 11) is 0. The van der Waals surface area contributed by atoms with Gasteiger partial charge in [0.15, 0.2) is 0 Å². The molecule has 2 aromatic rings. The highest BCUT2D eigenvalue weighted by molar-refractivity contribution is 6.30. The average Bonchev–Trinajstić information content (AvgIpc) is 3.25. The van der Waals surface area contributed by atoms with E-state index in [-0.39, 0.29) is 12.6 Å². The van der Waals surface area contributed by atoms with E-state index in [0.29, 0.717) is 42.7 Å². The summed E-state index contributed by atoms with van der Waals surface area (Å²) >= 11 is 5.84. The number of likely N-dealkylation sites (tertiary alicyclic amines) is 1. The van der Waals surface area contributed by atoms with Crippen LogP contribution in [0.2, 0.25) is 5.02 Å². The van der Waals surface area contributed by atoms with Crippen LogP contribution in [0.25, 0.3) is 11.4 Å². The first kappa shape index (κ1) is 17.2. The number of nitrogens with one attached hydrogen (secondary N) is 1. The maximum atomic E-state index is 12.0. The number of benzene rings is 1. The highest BCUT2D eigenvalue weighted by Crippen LogP contribution is 2.19. The molecule has 2 amide bonds. The first-order valence-corrected chi connectivity index (χ1v) is 8.25. The highest BCUT2D eigenvalue weighted by Gasteiger charge is 2.30. The SMILES string of the molecule is O=C(O)C1CCN(C(=O)NCCc2nc(-c3ccc(Cl)cc3)no2)C1. The van der Waals surface area contributed by atoms with Gasteiger partial charge in [0.2, 0.25) is 11.7 Å². The number of carboxylic acids is 1. The maximum absolute atomic E-state index is 12.0. The molecule has 0 saturated carbocycles. The van der Waals surface area contributed by atoms with Gasteiger partial charge < -0.3 is 19.8 Å². The number of aromatic nitrogens is 2. The molecule has 2 N–H and O–H groups in total. The molecule has 9 heteroatoms. The summed E-state index contributed by atoms with van der Waals surface area (Å²) in [6.07, 6.45) is 0.874. The second-order valence-electron chi connectivity index (χ2n) is 5.77. The Morgan fingerprint density at radius 1 is 1.36 bits per heavy atom. The number of hydrogen-bond donors (Lipinski definition) is 2. The molecule has 1 saturated heterocycles. The third-order valence-electron chi connectivity index (χ3n) is 4.01. The van der Waals surface area contributed by atoms with E-state index in [1.807, 2.05) is 0 Å². The molecule has 1 unspecified atom stereocenters. The van der Waals surface area contributed by atoms with Gasteiger partial charge in [-0.3, -0.25) is 4.79 Å². The van der Waals surface area contributed by atoms with Crippen molar-refractivity contribution in [3.63, 3.8) is 0 Å². The fourth-order valence-corrected chi connectivity index (χ4v) is 2.73. The van der Waals surface area contributed by atoms with E-state index < -0.39 is 11.9 Å². The Labute approximate surface area is 148 Å². The smallest absolute Gasteiger partial charge is 0.317 e. The Bertz CT molecular complexity index is 762. The van der Waals surface area contributed by atoms with Crippen LogP contribution in [0.3, 0.4) is 0 Å². The van der Waals surface area contributed by atoms with Crippen LogP contribution in [-0.2, 0) is 11.2 Å². The lowest BCUT2D eigenvalue weighted by atomic mass is 10.1. The molecule has 1 aromatic heterocycles. The molecule has 0 bridgehead atoms. The zero-order chi connectivity index (χ0) is 17.8. The molecule has 2 heterocycles. The van der Waals surface area contributed by atoms with E-state index in [1.165, 1.54) is 4.90 Å². The molecule has 0 aliphatic carbocycles. The first-order chi connectivity index (χ1) is 12.0. The van der Waals surface area contributed by atoms with E-state index in [2.05, 4.69) is 15.5 Å². The van der Waals surface area contributed by atoms with Crippen molar-refractivity contribution in [2.24, 2.45) is 5.92 Å². The van der Waals surface area contributed by atoms with Crippen LogP contribution < -0.4 is 5.32 Å². The van der Waals surface area contributed by atoms with Crippen molar-refractivity contribution in [2.45, 2.75) is 12.8 Å². The van der Waals surface area contributed by atoms with Crippen molar-refractivity contribution in [2.75, 3.05) is 19.6 Å². The number of halogens is 1. The Hall–Kier alpha value is -2.61. The van der Waals surface area contributed by atoms with Gasteiger partial charge in [-0.2, -0.15) is 4.98 Å². The summed E-state index contributed by atoms with van der Waals surface area (Å²) in [5, 5.41) is 16.2. The summed E-state index contributed by atoms with van der Waals surface area (Å²) in [5.41, 5.74) is 0.792. The molecule has 132 valence electrons. The standard InChI is InChI=1S/C16H17ClN4O4/c17-12-3-1-10(2-4-12)14-19-13(25-20-14)5-7-18-16(24)21-8-6-11(9-21)15(22)23/h1-4,11H,5-9H2,(H,18,24)(H,22,23). The molecule has 1 aliphatic heterocycles. The predicted octanol–water partition coefficient (Wildman–Crippen LogP) is 2.05. The van der Waals surface area contributed by atoms with Gasteiger partial charge >= 0.3 is 12.0 Å². The molecule has 8 nitrogen and oxygen atoms in total. The highest BCUT2D eigenvalue weighted by atomic mass is 35.5. The maximum Gasteiger partial charge on any atom is 0.317 e. The molecule has 1 fully saturated rings. The van der Waals surface area contributed by atoms with Gasteiger partial charge in [0.05, 0.1) is 5.92 Å². The third-order valence-corrected chi connectivity index (χ3v) is 4.26. The zero-order valence-electron chi connectivity index (χ0n) is 13.3. The van der Waals surface area contributed by atoms with Crippen molar-refractivity contribution in [3.8, 4) is 11.4 Å². The van der Waals surface area contributed by atoms with Gasteiger partial charge in [0, 0.05) is 36.6 Å². The van der Waals surface area contributed by atoms with Crippen molar-refractivity contribution < 1.29 is 19.2 Å². The molecule has 25 heavy (non-hydrogen) atoms. The van der Waals surface area contributed by atoms with Crippen molar-refractivity contribution >= 4 is 23.6 Å². The van der Waals surface area contributed by atoms with Crippen LogP contribution in [0, 0.1) is 5.92 Å². The quantitative estimate of drug-likeness (QED) is 0.840. The number of carbonyl (C=O) groups is 2. The summed E-state index contributed by atoms with van der Waals surface area (Å²) < 4.78 is 5.17. The predicted molar refractivity (Wildman–Crippen MR) is 89.2 cm³/mol. The molecule has 1 aromatic carbocycles. The molecule has 1 atom stereocenters. The van der Waals surface area contributed by atoms with Crippen molar-refractivity contribution in [3.05, 3.63) is 35.2 Å². The van der Waals surface area contributed by atoms with Crippen LogP contribution in [0.5, 0.6) is 0 Å². The van der Waals surface area contributed by atoms with Gasteiger partial charge in [0.1, 0.15) is 0 Å². The third kappa shape index (κ3) is 4.27. The van der Waals surface area contributed by atoms with E-state index in [0.717, 1.165) is 5.56 Å². The van der Waals surface area contributed by atoms with Gasteiger partial charge in [-0.15, -0.1) is 0 Å². The topological polar surface area (TPSA) is 109 Å². The fraction of sp³-hybridized carbons (Fsp3) is 0.375. The molecule has 0 spiro atoms. The average molecular weight is 365 g/mol. The summed E-state index contributed by atoms with van der Waals surface area (Å²) in [5.74, 6) is -0.476. The van der Waals surface area contributed by atoms with Gasteiger partial charge in [-0.05, 0) is 30.7 Å². The second kappa shape index (κ2) is 7.52. The number of hydrogen-bond acceptors (Lipinski definition) is 5. The minimum Gasteiger partial charge on any atom is -0.481 e. The molecular formula is C16H17ClN4O4. The Balaban J connectivity index is 1.47. The van der Waals surface area contributed by atoms with Gasteiger partial charge in [-0.1, -0.05) is 16.8 Å². The van der Waals surface area contributed by atoms with Gasteiger partial charge in [-0.25, -0.2) is 4.79 Å². The summed E-state index contributed by atoms with van der Waals surface area (Å²) in [6, 6.07) is 6.80. The van der Waals surface area contributed by atoms with Crippen LogP contribution in [0.15, 0.2) is 28.8 Å². The van der Waals surface area contributed by atoms with Crippen molar-refractivity contribution in [1.82, 2.24) is 20.4 Å². The van der Waals surface area contributed by atoms with E-state index in [1.54, 1.807) is 24.3 Å². The van der Waals surface area contributed by atoms with Crippen LogP contribution in [0.1, 0.15) is 12.3 Å². The Kier molecular flexibility index (Phi) is 5.18. The van der Waals surface area contributed by atoms with Crippen LogP contribution >= 0.6 is 11.6 Å². The molecule has 1 aliphatic rings. The van der Waals surface area contributed by atoms with E-state index >= 15 is 0 Å². The summed E-state index contributed by atoms with van der Waals surface area (Å²) in [6.45, 7) is 1.02. The number of aliphatic carboxylic acids is 1. The van der Waals surface area contributed by atoms with Gasteiger partial charge in [0.25, 0.3) is 0 Å². The van der Waals surface area contributed by atoms with Crippen molar-refractivity contribution in [1.29, 1.82) is 0 Å². The van der Waals surface area contributed by atoms with E-state index in [9.17, 15) is 9.59 Å². The number of rotatable bonds is 5. The minimum atomic E-state index is -0.865. The Morgan fingerprint density at radius 2 is 2.12 bits per heavy atom. The minimum absolute atomic E-state index is 0.239. The molecular weight excluding hydrogens is 348 g/mol. The number of nitrogens with zero attached hydrogens (tertiary/aromatic N) is 3. The van der Waals surface area contributed by atoms with E-state index in [4.69, 9.17) is 21.2 Å². The van der Waals surface area contributed by atoms with Crippen LogP contribution in [0.4, 0.5) is 4.79 Å². The Morgan fingerprint density at radius 3 is 2.80 bits per heavy atom. The number of carboxylic acid groups (broad SMARTS) is 1. The largest absolute Gasteiger partial charge is 0.481 e. The fourth-order valence-electron chi connectivity index (χ4n) is 2.61. The zero-order valence-corrected chi connectivity index (χ0v) is 14.1. The lowest BCUT2D eigenvalue weighted by molar-refractivity contribution is -0.141. The van der Waals surface area contributed by atoms with Crippen LogP contribution in [-0.4, -0.2) is 51.8 Å². The number of urea groups is 1. The summed E-state index contributed by atoms with van der Waals surface area (Å²) in [4.78, 5) is 28.7.